The average molecular weight is 1760 g/mol. The van der Waals surface area contributed by atoms with Gasteiger partial charge in [0.25, 0.3) is 12.4 Å². The van der Waals surface area contributed by atoms with Crippen LogP contribution < -0.4 is 138 Å². The molecule has 4 aliphatic rings. The molecule has 3 aromatic carbocycles. The number of thiophene rings is 1. The van der Waals surface area contributed by atoms with Gasteiger partial charge in [-0.15, -0.1) is 11.3 Å². The summed E-state index contributed by atoms with van der Waals surface area (Å²) in [5.41, 5.74) is 27.8. The molecule has 4 saturated heterocycles. The second-order valence-electron chi connectivity index (χ2n) is 30.5. The van der Waals surface area contributed by atoms with Crippen molar-refractivity contribution in [1.82, 2.24) is 30.0 Å². The number of carbonyl (C=O) groups is 3. The van der Waals surface area contributed by atoms with Crippen LogP contribution in [0.5, 0.6) is 5.88 Å². The third-order valence-corrected chi connectivity index (χ3v) is 22.3. The molecule has 35 heteroatoms. The number of nitrogens with one attached hydrogen (secondary N) is 2. The summed E-state index contributed by atoms with van der Waals surface area (Å²) < 4.78 is 63.5. The topological polar surface area (TPSA) is 414 Å². The van der Waals surface area contributed by atoms with Crippen molar-refractivity contribution in [2.24, 2.45) is 33.4 Å². The van der Waals surface area contributed by atoms with Gasteiger partial charge in [0.15, 0.2) is 0 Å². The maximum absolute atomic E-state index is 12.4. The van der Waals surface area contributed by atoms with Gasteiger partial charge in [0.05, 0.1) is 36.1 Å². The van der Waals surface area contributed by atoms with E-state index in [0.29, 0.717) is 64.7 Å². The maximum Gasteiger partial charge on any atom is 1.00 e. The normalized spacial score (nSPS) is 16.6. The third kappa shape index (κ3) is 41.7. The minimum atomic E-state index is -5.87. The molecule has 2 atom stereocenters. The summed E-state index contributed by atoms with van der Waals surface area (Å²) in [6.45, 7) is 42.7. The molecular weight excluding hydrogens is 1630 g/mol. The van der Waals surface area contributed by atoms with Crippen molar-refractivity contribution in [2.45, 2.75) is 215 Å². The molecule has 0 aliphatic carbocycles. The van der Waals surface area contributed by atoms with E-state index in [4.69, 9.17) is 53.6 Å². The van der Waals surface area contributed by atoms with Crippen LogP contribution in [-0.4, -0.2) is 181 Å². The summed E-state index contributed by atoms with van der Waals surface area (Å²) in [7, 11) is -4.87. The van der Waals surface area contributed by atoms with Gasteiger partial charge < -0.3 is 95.0 Å². The summed E-state index contributed by atoms with van der Waals surface area (Å²) in [4.78, 5) is 54.0. The van der Waals surface area contributed by atoms with Gasteiger partial charge in [0.2, 0.25) is 5.88 Å². The number of Topliss-reactive ketones (excluding diaryl/α,β-unsaturated/α-hetero) is 1. The molecule has 0 bridgehead atoms. The van der Waals surface area contributed by atoms with E-state index in [0.717, 1.165) is 131 Å². The van der Waals surface area contributed by atoms with Crippen LogP contribution in [0.2, 0.25) is 0 Å². The van der Waals surface area contributed by atoms with E-state index < -0.39 is 27.4 Å². The number of nitrogen functional groups attached to an aromatic ring is 1. The van der Waals surface area contributed by atoms with Gasteiger partial charge in [-0.3, -0.25) is 34.5 Å². The number of likely N-dealkylation sites (tertiary alicyclic amines) is 2. The predicted octanol–water partition coefficient (Wildman–Crippen LogP) is -2.53. The number of alkyl halides is 3. The number of quaternary nitrogens is 2. The Morgan fingerprint density at radius 1 is 0.829 bits per heavy atom. The van der Waals surface area contributed by atoms with Gasteiger partial charge >= 0.3 is 74.7 Å². The van der Waals surface area contributed by atoms with E-state index in [1.807, 2.05) is 26.0 Å². The largest absolute Gasteiger partial charge is 1.00 e. The second kappa shape index (κ2) is 59.8. The Morgan fingerprint density at radius 2 is 1.32 bits per heavy atom. The fraction of sp³-hybridized carbons (Fsp3) is 0.573. The number of hydrogen-bond donors (Lipinski definition) is 10. The van der Waals surface area contributed by atoms with Crippen LogP contribution in [0.15, 0.2) is 108 Å². The zero-order chi connectivity index (χ0) is 85.3. The molecule has 3 aromatic heterocycles. The first kappa shape index (κ1) is 116. The van der Waals surface area contributed by atoms with Crippen LogP contribution in [0, 0.1) is 33.0 Å². The number of fused-ring (bicyclic) bond motifs is 1. The zero-order valence-electron chi connectivity index (χ0n) is 73.0. The van der Waals surface area contributed by atoms with Crippen molar-refractivity contribution in [3.63, 3.8) is 0 Å². The summed E-state index contributed by atoms with van der Waals surface area (Å²) in [6, 6.07) is 39.9. The van der Waals surface area contributed by atoms with Crippen LogP contribution in [0.1, 0.15) is 186 Å². The van der Waals surface area contributed by atoms with E-state index in [1.165, 1.54) is 66.9 Å². The van der Waals surface area contributed by atoms with Crippen LogP contribution in [0.25, 0.3) is 10.2 Å². The molecule has 6 aromatic rings. The first-order valence-electron chi connectivity index (χ1n) is 38.7. The molecule has 2 unspecified atom stereocenters. The number of pyridine rings is 2. The molecule has 7 heterocycles. The Labute approximate surface area is 760 Å². The van der Waals surface area contributed by atoms with Gasteiger partial charge in [-0.25, -0.2) is 9.97 Å². The number of rotatable bonds is 22. The van der Waals surface area contributed by atoms with Crippen molar-refractivity contribution in [3.8, 4) is 11.9 Å². The molecule has 17 N–H and O–H groups in total. The number of aliphatic hydroxyl groups excluding tert-OH is 2. The predicted molar refractivity (Wildman–Crippen MR) is 448 cm³/mol. The summed E-state index contributed by atoms with van der Waals surface area (Å²) >= 11 is 2.12. The Balaban J connectivity index is -0.000000664. The average Bonchev–Trinajstić information content (AvgIpc) is 1.62. The van der Waals surface area contributed by atoms with Gasteiger partial charge in [-0.2, -0.15) is 26.9 Å². The minimum Gasteiger partial charge on any atom is -1.00 e. The Hall–Kier alpha value is -4.84. The number of carbonyl (C=O) groups excluding carboxylic acids is 3. The molecular formula is C82H132Cl2F3N15Na2O10S3. The SMILES string of the molecule is CC1(C)CN(Cc2ccccc2)CCC1=O.CC1(C)CN(Cc2ccccc2)CCC1NCc1ccccc1.CCCc1cc(N2CCC(N)C(C)(C)C2)nc2sc(C(N)=O)c(N)c12.CCCc1cc(OS(=O)(=O)C(F)(F)F)nc(SCC(=N)N)c1C#N.CCN(C(C)C)C(C)C.CCO.CO.O=CO[O-].[Cl-].[Cl-].[H-].[NH3+]C1CC[NH2+]CC1.[Na+].[Na+]. The Morgan fingerprint density at radius 3 is 1.73 bits per heavy atom. The fourth-order valence-corrected chi connectivity index (χ4v) is 15.6. The molecule has 25 nitrogen and oxygen atoms in total. The number of aromatic nitrogens is 2. The zero-order valence-corrected chi connectivity index (χ0v) is 80.0. The molecule has 4 aliphatic heterocycles. The van der Waals surface area contributed by atoms with E-state index >= 15 is 0 Å². The minimum absolute atomic E-state index is 0. The first-order valence-corrected chi connectivity index (χ1v) is 41.9. The number of aryl methyl sites for hydroxylation is 2. The number of piperidine rings is 4. The quantitative estimate of drug-likeness (QED) is 0.00386. The standard InChI is InChI=1S/C21H28N2.C18H27N5OS.C14H19NO.C12H13F3N4O3S2.C8H19N.C5H12N2.C2H6O.CH2O3.CH4O.2ClH.2Na.H/c1-21(2)17-23(16-19-11-7-4-8-12-19)14-13-20(21)22-15-18-9-5-3-6-10-18;1-4-5-10-8-12(23-7-6-11(19)18(2,3)9-23)22-17-13(10)14(20)15(25-17)16(21)24;1-14(2)11-15(9-8-13(14)16)10-12-6-4-3-5-7-12;1-2-3-7-4-10(22-24(20,21)12(13,14)15)19-11(8(7)5-16)23-6-9(17)18;1-6-9(7(2)3)8(4)5;6-5-1-3-7-4-2-5;1-2-3;2-1-4-3;1-2;;;;;/h3-12,20,22H,13-17H2,1-2H3;8,11H,4-7,9,19-20H2,1-3H3,(H2,21,24);3-7H,8-11H2,1-2H3;4H,2-3,6H2,1H3,(H3,17,18);7-8H,6H2,1-5H3;5,7H,1-4,6H2;3H,2H2,1H3;1,3H;2H,1H3;2*1H;;;/q;;;;;;;;;;;2*+1;-1/p-1. The van der Waals surface area contributed by atoms with E-state index in [1.54, 1.807) is 13.8 Å². The van der Waals surface area contributed by atoms with Crippen molar-refractivity contribution in [2.75, 3.05) is 89.0 Å². The molecule has 117 heavy (non-hydrogen) atoms. The van der Waals surface area contributed by atoms with Crippen LogP contribution in [0.3, 0.4) is 0 Å². The molecule has 650 valence electrons. The van der Waals surface area contributed by atoms with Gasteiger partial charge in [-0.05, 0) is 112 Å². The number of hydrogen-bond acceptors (Lipinski definition) is 23. The number of anilines is 2. The van der Waals surface area contributed by atoms with E-state index in [2.05, 4.69) is 210 Å². The number of aliphatic hydroxyl groups is 2. The number of amides is 1. The molecule has 0 saturated carbocycles. The van der Waals surface area contributed by atoms with Crippen molar-refractivity contribution in [1.29, 1.82) is 10.7 Å². The number of nitrogens with zero attached hydrogens (tertiary/aromatic N) is 7. The van der Waals surface area contributed by atoms with E-state index in [9.17, 15) is 36.4 Å². The van der Waals surface area contributed by atoms with Crippen molar-refractivity contribution >= 4 is 78.9 Å². The molecule has 0 radical (unpaired) electrons. The second-order valence-corrected chi connectivity index (χ2v) is 34.0. The van der Waals surface area contributed by atoms with E-state index in [-0.39, 0.29) is 137 Å². The number of benzene rings is 3. The summed E-state index contributed by atoms with van der Waals surface area (Å²) in [5, 5.41) is 46.4. The Kier molecular flexibility index (Phi) is 59.5. The molecule has 4 fully saturated rings. The molecule has 10 rings (SSSR count). The number of nitriles is 1. The number of ketones is 1. The Bertz CT molecular complexity index is 3940. The third-order valence-electron chi connectivity index (χ3n) is 19.2. The van der Waals surface area contributed by atoms with Gasteiger partial charge in [0.1, 0.15) is 38.2 Å². The monoisotopic (exact) mass is 1760 g/mol. The molecule has 1 amide bonds. The van der Waals surface area contributed by atoms with Gasteiger partial charge in [0, 0.05) is 133 Å². The van der Waals surface area contributed by atoms with Crippen molar-refractivity contribution in [3.05, 3.63) is 141 Å². The van der Waals surface area contributed by atoms with Gasteiger partial charge in [-0.1, -0.05) is 178 Å². The number of halogens is 5. The summed E-state index contributed by atoms with van der Waals surface area (Å²) in [5.74, 6) is -0.250. The number of primary amides is 1. The first-order chi connectivity index (χ1) is 53.3. The van der Waals surface area contributed by atoms with Crippen LogP contribution >= 0.6 is 23.1 Å². The maximum atomic E-state index is 12.4. The van der Waals surface area contributed by atoms with Crippen molar-refractivity contribution < 1.29 is 157 Å². The number of amidine groups is 1. The number of thioether (sulfide) groups is 1. The van der Waals surface area contributed by atoms with Crippen LogP contribution in [0.4, 0.5) is 24.7 Å². The fourth-order valence-electron chi connectivity index (χ4n) is 13.4. The summed E-state index contributed by atoms with van der Waals surface area (Å²) in [6.07, 6.45) is 8.24. The van der Waals surface area contributed by atoms with Crippen LogP contribution in [-0.2, 0) is 57.1 Å². The molecule has 0 spiro atoms. The smallest absolute Gasteiger partial charge is 1.00 e. The number of nitrogens with two attached hydrogens (primary N) is 5.